The summed E-state index contributed by atoms with van der Waals surface area (Å²) in [5.41, 5.74) is 5.66. The highest BCUT2D eigenvalue weighted by Gasteiger charge is 2.20. The lowest BCUT2D eigenvalue weighted by molar-refractivity contribution is -0.538. The molecule has 1 heterocycles. The molecule has 6 nitrogen and oxygen atoms in total. The quantitative estimate of drug-likeness (QED) is 0.386. The number of rotatable bonds is 3. The number of benzene rings is 3. The number of para-hydroxylation sites is 1. The van der Waals surface area contributed by atoms with Gasteiger partial charge in [-0.2, -0.15) is 0 Å². The first-order valence-electron chi connectivity index (χ1n) is 8.91. The lowest BCUT2D eigenvalue weighted by Crippen LogP contribution is -3.00. The van der Waals surface area contributed by atoms with Gasteiger partial charge in [0, 0.05) is 49.5 Å². The van der Waals surface area contributed by atoms with Crippen LogP contribution < -0.4 is 27.6 Å². The molecule has 3 aromatic carbocycles. The molecule has 2 amide bonds. The number of nitrogens with zero attached hydrogens (tertiary/aromatic N) is 2. The van der Waals surface area contributed by atoms with Gasteiger partial charge in [0.2, 0.25) is 28.5 Å². The van der Waals surface area contributed by atoms with E-state index in [2.05, 4.69) is 15.2 Å². The number of nitrogens with one attached hydrogen (secondary N) is 2. The molecule has 29 heavy (non-hydrogen) atoms. The first kappa shape index (κ1) is 20.2. The average molecular weight is 407 g/mol. The second-order valence-corrected chi connectivity index (χ2v) is 6.55. The average Bonchev–Trinajstić information content (AvgIpc) is 2.66. The van der Waals surface area contributed by atoms with Gasteiger partial charge in [0.1, 0.15) is 11.0 Å². The molecule has 1 aromatic heterocycles. The van der Waals surface area contributed by atoms with E-state index in [1.807, 2.05) is 66.7 Å². The highest BCUT2D eigenvalue weighted by molar-refractivity contribution is 5.93. The zero-order valence-corrected chi connectivity index (χ0v) is 16.7. The van der Waals surface area contributed by atoms with Gasteiger partial charge in [-0.05, 0) is 24.3 Å². The molecule has 0 unspecified atom stereocenters. The van der Waals surface area contributed by atoms with Gasteiger partial charge in [-0.25, -0.2) is 4.98 Å². The lowest BCUT2D eigenvalue weighted by atomic mass is 10.2. The second kappa shape index (κ2) is 8.24. The Morgan fingerprint density at radius 2 is 1.24 bits per heavy atom. The van der Waals surface area contributed by atoms with Crippen molar-refractivity contribution in [3.63, 3.8) is 0 Å². The summed E-state index contributed by atoms with van der Waals surface area (Å²) in [4.78, 5) is 27.7. The highest BCUT2D eigenvalue weighted by atomic mass is 35.5. The van der Waals surface area contributed by atoms with Gasteiger partial charge < -0.3 is 23.0 Å². The van der Waals surface area contributed by atoms with Crippen molar-refractivity contribution in [3.05, 3.63) is 66.7 Å². The molecule has 0 radical (unpaired) electrons. The standard InChI is InChI=1S/C22H18N4O2.ClH/c1-14(27)23-16-8-10-19-21(12-16)26(18-6-4-3-5-7-18)22-13-17(24-15(2)28)9-11-20(22)25-19;/h3-13H,1-2H3,(H,23,24,27,28);1H. The third kappa shape index (κ3) is 4.17. The van der Waals surface area contributed by atoms with Crippen LogP contribution in [0.4, 0.5) is 11.4 Å². The normalized spacial score (nSPS) is 10.4. The largest absolute Gasteiger partial charge is 1.00 e. The summed E-state index contributed by atoms with van der Waals surface area (Å²) in [6.07, 6.45) is 0. The maximum Gasteiger partial charge on any atom is 0.239 e. The summed E-state index contributed by atoms with van der Waals surface area (Å²) in [5.74, 6) is -0.264. The Balaban J connectivity index is 0.00000240. The van der Waals surface area contributed by atoms with Crippen LogP contribution in [0.2, 0.25) is 0 Å². The fraction of sp³-hybridized carbons (Fsp3) is 0.0909. The van der Waals surface area contributed by atoms with Crippen LogP contribution in [0.3, 0.4) is 0 Å². The van der Waals surface area contributed by atoms with Crippen molar-refractivity contribution in [1.29, 1.82) is 0 Å². The van der Waals surface area contributed by atoms with Crippen molar-refractivity contribution >= 4 is 45.3 Å². The number of halogens is 1. The Labute approximate surface area is 174 Å². The van der Waals surface area contributed by atoms with Crippen molar-refractivity contribution in [3.8, 4) is 5.69 Å². The minimum absolute atomic E-state index is 0. The molecule has 0 saturated heterocycles. The summed E-state index contributed by atoms with van der Waals surface area (Å²) in [7, 11) is 0. The van der Waals surface area contributed by atoms with Crippen LogP contribution in [-0.4, -0.2) is 16.8 Å². The number of carbonyl (C=O) groups excluding carboxylic acids is 2. The maximum absolute atomic E-state index is 11.5. The van der Waals surface area contributed by atoms with Gasteiger partial charge in [0.15, 0.2) is 0 Å². The van der Waals surface area contributed by atoms with E-state index in [0.717, 1.165) is 27.8 Å². The smallest absolute Gasteiger partial charge is 0.239 e. The Kier molecular flexibility index (Phi) is 5.75. The van der Waals surface area contributed by atoms with E-state index < -0.39 is 0 Å². The summed E-state index contributed by atoms with van der Waals surface area (Å²) in [6.45, 7) is 2.96. The SMILES string of the molecule is CC(=O)Nc1ccc2nc3ccc(NC(C)=O)cc3[n+](-c3ccccc3)c2c1.[Cl-]. The first-order valence-corrected chi connectivity index (χ1v) is 8.91. The van der Waals surface area contributed by atoms with Crippen LogP contribution >= 0.6 is 0 Å². The Morgan fingerprint density at radius 1 is 0.759 bits per heavy atom. The molecule has 7 heteroatoms. The van der Waals surface area contributed by atoms with Gasteiger partial charge in [0.25, 0.3) is 0 Å². The van der Waals surface area contributed by atoms with E-state index in [9.17, 15) is 9.59 Å². The van der Waals surface area contributed by atoms with Gasteiger partial charge in [-0.15, -0.1) is 4.57 Å². The van der Waals surface area contributed by atoms with Crippen LogP contribution in [0.25, 0.3) is 27.8 Å². The number of aromatic nitrogens is 2. The fourth-order valence-electron chi connectivity index (χ4n) is 3.27. The number of fused-ring (bicyclic) bond motifs is 2. The Bertz CT molecular complexity index is 1150. The lowest BCUT2D eigenvalue weighted by Gasteiger charge is -2.08. The van der Waals surface area contributed by atoms with Crippen molar-refractivity contribution in [2.45, 2.75) is 13.8 Å². The van der Waals surface area contributed by atoms with Crippen LogP contribution in [0.1, 0.15) is 13.8 Å². The third-order valence-corrected chi connectivity index (χ3v) is 4.33. The van der Waals surface area contributed by atoms with Crippen LogP contribution in [0.5, 0.6) is 0 Å². The summed E-state index contributed by atoms with van der Waals surface area (Å²) in [5, 5.41) is 5.65. The van der Waals surface area contributed by atoms with E-state index in [0.29, 0.717) is 11.4 Å². The predicted molar refractivity (Wildman–Crippen MR) is 109 cm³/mol. The van der Waals surface area contributed by atoms with Gasteiger partial charge >= 0.3 is 0 Å². The zero-order chi connectivity index (χ0) is 19.7. The molecule has 0 aliphatic rings. The Hall–Kier alpha value is -3.51. The number of amides is 2. The van der Waals surface area contributed by atoms with Crippen LogP contribution in [0.15, 0.2) is 66.7 Å². The van der Waals surface area contributed by atoms with Crippen molar-refractivity contribution in [1.82, 2.24) is 4.98 Å². The number of hydrogen-bond donors (Lipinski definition) is 2. The molecule has 146 valence electrons. The van der Waals surface area contributed by atoms with Gasteiger partial charge in [-0.3, -0.25) is 9.59 Å². The fourth-order valence-corrected chi connectivity index (χ4v) is 3.27. The Morgan fingerprint density at radius 3 is 1.69 bits per heavy atom. The molecule has 0 saturated carbocycles. The van der Waals surface area contributed by atoms with Gasteiger partial charge in [-0.1, -0.05) is 18.2 Å². The molecule has 0 spiro atoms. The molecule has 0 bridgehead atoms. The molecule has 0 aliphatic heterocycles. The minimum Gasteiger partial charge on any atom is -1.00 e. The molecule has 0 aliphatic carbocycles. The van der Waals surface area contributed by atoms with E-state index in [4.69, 9.17) is 4.98 Å². The predicted octanol–water partition coefficient (Wildman–Crippen LogP) is 0.585. The summed E-state index contributed by atoms with van der Waals surface area (Å²) >= 11 is 0. The molecule has 2 N–H and O–H groups in total. The number of anilines is 2. The van der Waals surface area contributed by atoms with Crippen LogP contribution in [-0.2, 0) is 9.59 Å². The summed E-state index contributed by atoms with van der Waals surface area (Å²) in [6, 6.07) is 21.2. The van der Waals surface area contributed by atoms with E-state index in [-0.39, 0.29) is 24.2 Å². The molecular weight excluding hydrogens is 388 g/mol. The molecule has 0 atom stereocenters. The van der Waals surface area contributed by atoms with Crippen LogP contribution in [0, 0.1) is 0 Å². The molecule has 4 rings (SSSR count). The zero-order valence-electron chi connectivity index (χ0n) is 15.9. The number of hydrogen-bond acceptors (Lipinski definition) is 3. The van der Waals surface area contributed by atoms with Crippen molar-refractivity contribution in [2.24, 2.45) is 0 Å². The number of carbonyl (C=O) groups is 2. The maximum atomic E-state index is 11.5. The van der Waals surface area contributed by atoms with Crippen molar-refractivity contribution in [2.75, 3.05) is 10.6 Å². The minimum atomic E-state index is -0.132. The monoisotopic (exact) mass is 406 g/mol. The molecule has 4 aromatic rings. The second-order valence-electron chi connectivity index (χ2n) is 6.55. The highest BCUT2D eigenvalue weighted by Crippen LogP contribution is 2.23. The van der Waals surface area contributed by atoms with E-state index in [1.54, 1.807) is 0 Å². The van der Waals surface area contributed by atoms with Gasteiger partial charge in [0.05, 0.1) is 0 Å². The van der Waals surface area contributed by atoms with Crippen molar-refractivity contribution < 1.29 is 26.6 Å². The molecule has 0 fully saturated rings. The van der Waals surface area contributed by atoms with E-state index in [1.165, 1.54) is 13.8 Å². The first-order chi connectivity index (χ1) is 13.5. The molecular formula is C22H19ClN4O2. The topological polar surface area (TPSA) is 75.0 Å². The third-order valence-electron chi connectivity index (χ3n) is 4.33. The summed E-state index contributed by atoms with van der Waals surface area (Å²) < 4.78 is 2.08. The van der Waals surface area contributed by atoms with E-state index >= 15 is 0 Å².